The third-order valence-corrected chi connectivity index (χ3v) is 4.21. The lowest BCUT2D eigenvalue weighted by Gasteiger charge is -2.18. The Morgan fingerprint density at radius 1 is 1.00 bits per heavy atom. The molecule has 0 bridgehead atoms. The summed E-state index contributed by atoms with van der Waals surface area (Å²) in [6.45, 7) is 1.96. The van der Waals surface area contributed by atoms with E-state index in [0.717, 1.165) is 16.9 Å². The highest BCUT2D eigenvalue weighted by Gasteiger charge is 2.14. The first kappa shape index (κ1) is 16.1. The van der Waals surface area contributed by atoms with Gasteiger partial charge in [-0.25, -0.2) is 12.7 Å². The van der Waals surface area contributed by atoms with Crippen molar-refractivity contribution >= 4 is 21.8 Å². The Balaban J connectivity index is 2.30. The highest BCUT2D eigenvalue weighted by Crippen LogP contribution is 2.20. The molecular formula is C17H19NO3S. The van der Waals surface area contributed by atoms with Gasteiger partial charge in [0.15, 0.2) is 0 Å². The van der Waals surface area contributed by atoms with Gasteiger partial charge in [-0.05, 0) is 42.8 Å². The van der Waals surface area contributed by atoms with E-state index in [-0.39, 0.29) is 0 Å². The summed E-state index contributed by atoms with van der Waals surface area (Å²) in [4.78, 5) is 0. The molecule has 0 heterocycles. The third kappa shape index (κ3) is 4.11. The van der Waals surface area contributed by atoms with Crippen LogP contribution in [0.5, 0.6) is 5.75 Å². The van der Waals surface area contributed by atoms with Crippen molar-refractivity contribution in [1.29, 1.82) is 0 Å². The summed E-state index contributed by atoms with van der Waals surface area (Å²) in [7, 11) is -1.79. The zero-order valence-electron chi connectivity index (χ0n) is 12.9. The maximum absolute atomic E-state index is 12.0. The lowest BCUT2D eigenvalue weighted by Crippen LogP contribution is -2.23. The van der Waals surface area contributed by atoms with Crippen molar-refractivity contribution in [2.24, 2.45) is 0 Å². The van der Waals surface area contributed by atoms with Crippen LogP contribution in [0, 0.1) is 6.92 Å². The Morgan fingerprint density at radius 3 is 2.09 bits per heavy atom. The molecule has 0 spiro atoms. The minimum Gasteiger partial charge on any atom is -0.497 e. The van der Waals surface area contributed by atoms with Crippen molar-refractivity contribution in [3.8, 4) is 5.75 Å². The molecule has 0 amide bonds. The van der Waals surface area contributed by atoms with Gasteiger partial charge in [0.1, 0.15) is 5.75 Å². The van der Waals surface area contributed by atoms with Crippen LogP contribution >= 0.6 is 0 Å². The minimum absolute atomic E-state index is 0.609. The van der Waals surface area contributed by atoms with Crippen molar-refractivity contribution in [2.45, 2.75) is 6.92 Å². The normalized spacial score (nSPS) is 11.6. The fraction of sp³-hybridized carbons (Fsp3) is 0.176. The smallest absolute Gasteiger partial charge is 0.236 e. The number of rotatable bonds is 5. The van der Waals surface area contributed by atoms with E-state index in [1.165, 1.54) is 10.6 Å². The number of sulfonamides is 1. The first-order chi connectivity index (χ1) is 10.4. The first-order valence-electron chi connectivity index (χ1n) is 6.78. The number of ether oxygens (including phenoxy) is 1. The zero-order chi connectivity index (χ0) is 16.2. The number of aryl methyl sites for hydroxylation is 1. The van der Waals surface area contributed by atoms with Gasteiger partial charge < -0.3 is 4.74 Å². The van der Waals surface area contributed by atoms with Gasteiger partial charge in [0.2, 0.25) is 10.0 Å². The predicted octanol–water partition coefficient (Wildman–Crippen LogP) is 3.44. The quantitative estimate of drug-likeness (QED) is 0.848. The van der Waals surface area contributed by atoms with Crippen LogP contribution in [0.15, 0.2) is 54.7 Å². The summed E-state index contributed by atoms with van der Waals surface area (Å²) in [5.41, 5.74) is 2.58. The molecule has 0 aromatic heterocycles. The standard InChI is InChI=1S/C17H19NO3S/c1-14-4-8-16(9-5-14)18(22(3,19)20)13-12-15-6-10-17(21-2)11-7-15/h4-13H,1-3H3. The number of hydrogen-bond acceptors (Lipinski definition) is 3. The molecule has 2 aromatic carbocycles. The summed E-state index contributed by atoms with van der Waals surface area (Å²) in [6, 6.07) is 14.7. The monoisotopic (exact) mass is 317 g/mol. The lowest BCUT2D eigenvalue weighted by molar-refractivity contribution is 0.415. The van der Waals surface area contributed by atoms with Gasteiger partial charge in [0, 0.05) is 6.20 Å². The van der Waals surface area contributed by atoms with Crippen LogP contribution in [0.2, 0.25) is 0 Å². The number of anilines is 1. The van der Waals surface area contributed by atoms with E-state index in [0.29, 0.717) is 5.69 Å². The molecule has 0 saturated heterocycles. The molecule has 2 aromatic rings. The van der Waals surface area contributed by atoms with Gasteiger partial charge in [-0.1, -0.05) is 29.8 Å². The highest BCUT2D eigenvalue weighted by molar-refractivity contribution is 7.92. The second-order valence-corrected chi connectivity index (χ2v) is 6.84. The Bertz CT molecular complexity index is 747. The van der Waals surface area contributed by atoms with E-state index in [1.54, 1.807) is 31.5 Å². The minimum atomic E-state index is -3.39. The second-order valence-electron chi connectivity index (χ2n) is 4.98. The van der Waals surface area contributed by atoms with E-state index in [1.807, 2.05) is 43.3 Å². The van der Waals surface area contributed by atoms with Crippen molar-refractivity contribution in [3.63, 3.8) is 0 Å². The maximum atomic E-state index is 12.0. The van der Waals surface area contributed by atoms with E-state index in [2.05, 4.69) is 0 Å². The van der Waals surface area contributed by atoms with Gasteiger partial charge in [-0.3, -0.25) is 0 Å². The molecule has 0 atom stereocenters. The van der Waals surface area contributed by atoms with Crippen LogP contribution in [0.25, 0.3) is 6.08 Å². The van der Waals surface area contributed by atoms with Crippen LogP contribution < -0.4 is 9.04 Å². The molecule has 22 heavy (non-hydrogen) atoms. The molecule has 0 aliphatic heterocycles. The van der Waals surface area contributed by atoms with Crippen LogP contribution in [-0.2, 0) is 10.0 Å². The molecular weight excluding hydrogens is 298 g/mol. The fourth-order valence-corrected chi connectivity index (χ4v) is 2.74. The predicted molar refractivity (Wildman–Crippen MR) is 90.5 cm³/mol. The van der Waals surface area contributed by atoms with Gasteiger partial charge in [-0.15, -0.1) is 0 Å². The summed E-state index contributed by atoms with van der Waals surface area (Å²) in [6.07, 6.45) is 4.49. The summed E-state index contributed by atoms with van der Waals surface area (Å²) < 4.78 is 30.3. The zero-order valence-corrected chi connectivity index (χ0v) is 13.7. The number of benzene rings is 2. The van der Waals surface area contributed by atoms with E-state index in [9.17, 15) is 8.42 Å². The van der Waals surface area contributed by atoms with Crippen molar-refractivity contribution in [1.82, 2.24) is 0 Å². The SMILES string of the molecule is COc1ccc(C=CN(c2ccc(C)cc2)S(C)(=O)=O)cc1. The Labute approximate surface area is 131 Å². The molecule has 0 aliphatic carbocycles. The van der Waals surface area contributed by atoms with Gasteiger partial charge in [0.05, 0.1) is 19.1 Å². The lowest BCUT2D eigenvalue weighted by atomic mass is 10.2. The topological polar surface area (TPSA) is 46.6 Å². The molecule has 2 rings (SSSR count). The summed E-state index contributed by atoms with van der Waals surface area (Å²) in [5, 5.41) is 0. The number of methoxy groups -OCH3 is 1. The van der Waals surface area contributed by atoms with Crippen LogP contribution in [0.4, 0.5) is 5.69 Å². The third-order valence-electron chi connectivity index (χ3n) is 3.16. The van der Waals surface area contributed by atoms with Gasteiger partial charge in [0.25, 0.3) is 0 Å². The Kier molecular flexibility index (Phi) is 4.88. The van der Waals surface area contributed by atoms with E-state index < -0.39 is 10.0 Å². The molecule has 116 valence electrons. The molecule has 0 unspecified atom stereocenters. The van der Waals surface area contributed by atoms with Crippen molar-refractivity contribution in [2.75, 3.05) is 17.7 Å². The average molecular weight is 317 g/mol. The molecule has 4 nitrogen and oxygen atoms in total. The van der Waals surface area contributed by atoms with Crippen LogP contribution in [-0.4, -0.2) is 21.8 Å². The fourth-order valence-electron chi connectivity index (χ4n) is 1.95. The van der Waals surface area contributed by atoms with Crippen LogP contribution in [0.3, 0.4) is 0 Å². The maximum Gasteiger partial charge on any atom is 0.236 e. The van der Waals surface area contributed by atoms with Crippen molar-refractivity contribution < 1.29 is 13.2 Å². The molecule has 0 saturated carbocycles. The Morgan fingerprint density at radius 2 is 1.59 bits per heavy atom. The highest BCUT2D eigenvalue weighted by atomic mass is 32.2. The van der Waals surface area contributed by atoms with Crippen LogP contribution in [0.1, 0.15) is 11.1 Å². The molecule has 0 aliphatic rings. The number of hydrogen-bond donors (Lipinski definition) is 0. The van der Waals surface area contributed by atoms with Gasteiger partial charge in [-0.2, -0.15) is 0 Å². The van der Waals surface area contributed by atoms with Gasteiger partial charge >= 0.3 is 0 Å². The molecule has 0 N–H and O–H groups in total. The summed E-state index contributed by atoms with van der Waals surface area (Å²) in [5.74, 6) is 0.760. The second kappa shape index (κ2) is 6.66. The molecule has 0 fully saturated rings. The summed E-state index contributed by atoms with van der Waals surface area (Å²) >= 11 is 0. The number of nitrogens with zero attached hydrogens (tertiary/aromatic N) is 1. The van der Waals surface area contributed by atoms with E-state index in [4.69, 9.17) is 4.74 Å². The first-order valence-corrected chi connectivity index (χ1v) is 8.63. The molecule has 5 heteroatoms. The Hall–Kier alpha value is -2.27. The van der Waals surface area contributed by atoms with E-state index >= 15 is 0 Å². The van der Waals surface area contributed by atoms with Crippen molar-refractivity contribution in [3.05, 3.63) is 65.9 Å². The molecule has 0 radical (unpaired) electrons. The largest absolute Gasteiger partial charge is 0.497 e. The average Bonchev–Trinajstić information content (AvgIpc) is 2.48.